The zero-order valence-corrected chi connectivity index (χ0v) is 11.1. The minimum atomic E-state index is -0.573. The molecular formula is C16H24O. The maximum atomic E-state index is 10.9. The van der Waals surface area contributed by atoms with Crippen LogP contribution in [0.3, 0.4) is 0 Å². The summed E-state index contributed by atoms with van der Waals surface area (Å²) >= 11 is 0. The lowest BCUT2D eigenvalue weighted by Crippen LogP contribution is -2.24. The van der Waals surface area contributed by atoms with E-state index in [2.05, 4.69) is 38.1 Å². The average molecular weight is 232 g/mol. The summed E-state index contributed by atoms with van der Waals surface area (Å²) in [5.41, 5.74) is 1.88. The molecule has 1 fully saturated rings. The van der Waals surface area contributed by atoms with Gasteiger partial charge in [-0.15, -0.1) is 0 Å². The first-order valence-corrected chi connectivity index (χ1v) is 6.96. The van der Waals surface area contributed by atoms with Crippen molar-refractivity contribution in [1.29, 1.82) is 0 Å². The van der Waals surface area contributed by atoms with Crippen LogP contribution in [-0.4, -0.2) is 5.11 Å². The van der Waals surface area contributed by atoms with E-state index >= 15 is 0 Å². The van der Waals surface area contributed by atoms with Gasteiger partial charge in [0.25, 0.3) is 0 Å². The summed E-state index contributed by atoms with van der Waals surface area (Å²) in [4.78, 5) is 0. The molecule has 1 saturated carbocycles. The van der Waals surface area contributed by atoms with Crippen molar-refractivity contribution in [3.8, 4) is 0 Å². The van der Waals surface area contributed by atoms with E-state index in [1.54, 1.807) is 0 Å². The Hall–Kier alpha value is -0.820. The van der Waals surface area contributed by atoms with E-state index in [1.165, 1.54) is 12.0 Å². The normalized spacial score (nSPS) is 29.9. The van der Waals surface area contributed by atoms with Gasteiger partial charge in [-0.2, -0.15) is 0 Å². The van der Waals surface area contributed by atoms with Crippen molar-refractivity contribution >= 4 is 0 Å². The van der Waals surface area contributed by atoms with Gasteiger partial charge in [0.15, 0.2) is 0 Å². The Labute approximate surface area is 105 Å². The second kappa shape index (κ2) is 5.22. The highest BCUT2D eigenvalue weighted by Crippen LogP contribution is 2.37. The molecule has 0 aromatic heterocycles. The van der Waals surface area contributed by atoms with Crippen LogP contribution in [0.4, 0.5) is 0 Å². The van der Waals surface area contributed by atoms with Crippen molar-refractivity contribution in [1.82, 2.24) is 0 Å². The molecule has 1 aliphatic carbocycles. The Kier molecular flexibility index (Phi) is 3.88. The third-order valence-corrected chi connectivity index (χ3v) is 4.21. The first kappa shape index (κ1) is 12.6. The Morgan fingerprint density at radius 1 is 1.29 bits per heavy atom. The third kappa shape index (κ3) is 2.90. The van der Waals surface area contributed by atoms with E-state index in [0.717, 1.165) is 43.6 Å². The molecule has 0 saturated heterocycles. The van der Waals surface area contributed by atoms with Gasteiger partial charge in [-0.3, -0.25) is 0 Å². The van der Waals surface area contributed by atoms with Crippen LogP contribution in [0.15, 0.2) is 24.3 Å². The third-order valence-electron chi connectivity index (χ3n) is 4.21. The summed E-state index contributed by atoms with van der Waals surface area (Å²) in [5, 5.41) is 10.9. The summed E-state index contributed by atoms with van der Waals surface area (Å²) in [7, 11) is 0. The van der Waals surface area contributed by atoms with Gasteiger partial charge in [0.05, 0.1) is 5.60 Å². The fraction of sp³-hybridized carbons (Fsp3) is 0.625. The molecule has 1 aromatic carbocycles. The number of rotatable bonds is 2. The van der Waals surface area contributed by atoms with E-state index in [9.17, 15) is 5.11 Å². The van der Waals surface area contributed by atoms with Crippen LogP contribution in [0, 0.1) is 5.92 Å². The van der Waals surface area contributed by atoms with Crippen LogP contribution in [0.2, 0.25) is 0 Å². The molecule has 1 aliphatic rings. The largest absolute Gasteiger partial charge is 0.385 e. The quantitative estimate of drug-likeness (QED) is 0.763. The fourth-order valence-electron chi connectivity index (χ4n) is 2.87. The zero-order valence-electron chi connectivity index (χ0n) is 11.1. The highest BCUT2D eigenvalue weighted by atomic mass is 16.3. The SMILES string of the molecule is CCc1cccc(C2(O)CCCC(C)CC2)c1. The van der Waals surface area contributed by atoms with E-state index < -0.39 is 5.60 Å². The molecule has 0 radical (unpaired) electrons. The molecule has 0 aliphatic heterocycles. The Bertz CT molecular complexity index is 372. The van der Waals surface area contributed by atoms with Crippen LogP contribution >= 0.6 is 0 Å². The van der Waals surface area contributed by atoms with Crippen molar-refractivity contribution in [2.45, 2.75) is 58.0 Å². The summed E-state index contributed by atoms with van der Waals surface area (Å²) in [6, 6.07) is 8.51. The molecule has 1 nitrogen and oxygen atoms in total. The maximum Gasteiger partial charge on any atom is 0.0896 e. The second-order valence-corrected chi connectivity index (χ2v) is 5.62. The number of hydrogen-bond acceptors (Lipinski definition) is 1. The number of benzene rings is 1. The molecule has 1 aromatic rings. The summed E-state index contributed by atoms with van der Waals surface area (Å²) in [6.07, 6.45) is 6.43. The Morgan fingerprint density at radius 2 is 2.12 bits per heavy atom. The molecule has 0 bridgehead atoms. The van der Waals surface area contributed by atoms with Gasteiger partial charge in [0.2, 0.25) is 0 Å². The fourth-order valence-corrected chi connectivity index (χ4v) is 2.87. The van der Waals surface area contributed by atoms with Crippen molar-refractivity contribution in [2.75, 3.05) is 0 Å². The average Bonchev–Trinajstić information content (AvgIpc) is 2.53. The van der Waals surface area contributed by atoms with Crippen molar-refractivity contribution in [3.05, 3.63) is 35.4 Å². The summed E-state index contributed by atoms with van der Waals surface area (Å²) in [5.74, 6) is 0.762. The van der Waals surface area contributed by atoms with Gasteiger partial charge < -0.3 is 5.11 Å². The van der Waals surface area contributed by atoms with Crippen molar-refractivity contribution in [2.24, 2.45) is 5.92 Å². The molecule has 2 atom stereocenters. The number of hydrogen-bond donors (Lipinski definition) is 1. The standard InChI is InChI=1S/C16H24O/c1-3-14-7-4-8-15(12-14)16(17)10-5-6-13(2)9-11-16/h4,7-8,12-13,17H,3,5-6,9-11H2,1-2H3. The van der Waals surface area contributed by atoms with Crippen molar-refractivity contribution in [3.63, 3.8) is 0 Å². The smallest absolute Gasteiger partial charge is 0.0896 e. The first-order chi connectivity index (χ1) is 8.14. The summed E-state index contributed by atoms with van der Waals surface area (Å²) < 4.78 is 0. The Morgan fingerprint density at radius 3 is 2.88 bits per heavy atom. The monoisotopic (exact) mass is 232 g/mol. The topological polar surface area (TPSA) is 20.2 Å². The van der Waals surface area contributed by atoms with Gasteiger partial charge in [-0.1, -0.05) is 44.5 Å². The second-order valence-electron chi connectivity index (χ2n) is 5.62. The van der Waals surface area contributed by atoms with E-state index in [4.69, 9.17) is 0 Å². The van der Waals surface area contributed by atoms with Crippen molar-refractivity contribution < 1.29 is 5.11 Å². The minimum absolute atomic E-state index is 0.573. The highest BCUT2D eigenvalue weighted by molar-refractivity contribution is 5.28. The van der Waals surface area contributed by atoms with Gasteiger partial charge in [0, 0.05) is 0 Å². The number of aliphatic hydroxyl groups is 1. The first-order valence-electron chi connectivity index (χ1n) is 6.96. The predicted molar refractivity (Wildman–Crippen MR) is 72.0 cm³/mol. The van der Waals surface area contributed by atoms with Gasteiger partial charge in [-0.05, 0) is 49.1 Å². The molecule has 0 spiro atoms. The van der Waals surface area contributed by atoms with Crippen LogP contribution in [0.25, 0.3) is 0 Å². The van der Waals surface area contributed by atoms with Gasteiger partial charge in [0.1, 0.15) is 0 Å². The molecule has 17 heavy (non-hydrogen) atoms. The van der Waals surface area contributed by atoms with E-state index in [0.29, 0.717) is 0 Å². The summed E-state index contributed by atoms with van der Waals surface area (Å²) in [6.45, 7) is 4.46. The predicted octanol–water partition coefficient (Wildman–Crippen LogP) is 4.04. The highest BCUT2D eigenvalue weighted by Gasteiger charge is 2.31. The maximum absolute atomic E-state index is 10.9. The van der Waals surface area contributed by atoms with Crippen LogP contribution in [-0.2, 0) is 12.0 Å². The van der Waals surface area contributed by atoms with E-state index in [1.807, 2.05) is 0 Å². The van der Waals surface area contributed by atoms with Crippen LogP contribution in [0.1, 0.15) is 57.1 Å². The molecule has 1 N–H and O–H groups in total. The lowest BCUT2D eigenvalue weighted by molar-refractivity contribution is 0.0198. The lowest BCUT2D eigenvalue weighted by Gasteiger charge is -2.27. The molecule has 0 amide bonds. The minimum Gasteiger partial charge on any atom is -0.385 e. The molecule has 94 valence electrons. The zero-order chi connectivity index (χ0) is 12.3. The molecule has 0 heterocycles. The van der Waals surface area contributed by atoms with Crippen LogP contribution < -0.4 is 0 Å². The molecular weight excluding hydrogens is 208 g/mol. The van der Waals surface area contributed by atoms with Crippen LogP contribution in [0.5, 0.6) is 0 Å². The van der Waals surface area contributed by atoms with Gasteiger partial charge >= 0.3 is 0 Å². The lowest BCUT2D eigenvalue weighted by atomic mass is 9.85. The Balaban J connectivity index is 2.23. The number of aryl methyl sites for hydroxylation is 1. The molecule has 1 heteroatoms. The molecule has 2 rings (SSSR count). The molecule has 2 unspecified atom stereocenters. The van der Waals surface area contributed by atoms with Gasteiger partial charge in [-0.25, -0.2) is 0 Å². The van der Waals surface area contributed by atoms with E-state index in [-0.39, 0.29) is 0 Å².